The van der Waals surface area contributed by atoms with Crippen LogP contribution in [0.2, 0.25) is 0 Å². The smallest absolute Gasteiger partial charge is 0.387 e. The molecule has 0 aliphatic carbocycles. The summed E-state index contributed by atoms with van der Waals surface area (Å²) in [6.45, 7) is -0.423. The van der Waals surface area contributed by atoms with Crippen LogP contribution in [0, 0.1) is 5.82 Å². The SMILES string of the molecule is Fc1ccc(-c2noc(C3CCCN(Cc4ccc(OC(F)F)cc4)C3)n2)cc1. The third kappa shape index (κ3) is 4.95. The fraction of sp³-hybridized carbons (Fsp3) is 0.333. The Morgan fingerprint density at radius 1 is 1.10 bits per heavy atom. The molecule has 29 heavy (non-hydrogen) atoms. The molecule has 0 saturated carbocycles. The van der Waals surface area contributed by atoms with E-state index in [1.54, 1.807) is 36.4 Å². The summed E-state index contributed by atoms with van der Waals surface area (Å²) in [6.07, 6.45) is 1.94. The van der Waals surface area contributed by atoms with Crippen LogP contribution in [0.25, 0.3) is 11.4 Å². The molecule has 1 aliphatic rings. The van der Waals surface area contributed by atoms with Gasteiger partial charge in [0.15, 0.2) is 0 Å². The number of ether oxygens (including phenoxy) is 1. The van der Waals surface area contributed by atoms with Crippen molar-refractivity contribution in [3.63, 3.8) is 0 Å². The van der Waals surface area contributed by atoms with Crippen molar-refractivity contribution in [1.82, 2.24) is 15.0 Å². The average Bonchev–Trinajstić information content (AvgIpc) is 3.20. The summed E-state index contributed by atoms with van der Waals surface area (Å²) < 4.78 is 47.5. The molecule has 1 atom stereocenters. The quantitative estimate of drug-likeness (QED) is 0.589. The molecule has 2 aromatic carbocycles. The standard InChI is InChI=1S/C21H20F3N3O2/c22-17-7-5-15(6-8-17)19-25-20(29-26-19)16-2-1-11-27(13-16)12-14-3-9-18(10-4-14)28-21(23)24/h3-10,16,21H,1-2,11-13H2. The van der Waals surface area contributed by atoms with Crippen molar-refractivity contribution < 1.29 is 22.4 Å². The Balaban J connectivity index is 1.39. The average molecular weight is 403 g/mol. The van der Waals surface area contributed by atoms with Crippen LogP contribution in [-0.4, -0.2) is 34.7 Å². The van der Waals surface area contributed by atoms with E-state index in [4.69, 9.17) is 4.52 Å². The zero-order chi connectivity index (χ0) is 20.2. The van der Waals surface area contributed by atoms with Crippen LogP contribution in [0.1, 0.15) is 30.2 Å². The van der Waals surface area contributed by atoms with Crippen molar-refractivity contribution in [3.05, 3.63) is 65.8 Å². The van der Waals surface area contributed by atoms with Crippen LogP contribution < -0.4 is 4.74 Å². The number of rotatable bonds is 6. The third-order valence-electron chi connectivity index (χ3n) is 4.95. The number of alkyl halides is 2. The number of piperidine rings is 1. The molecule has 1 saturated heterocycles. The Morgan fingerprint density at radius 2 is 1.86 bits per heavy atom. The molecular formula is C21H20F3N3O2. The predicted molar refractivity (Wildman–Crippen MR) is 100 cm³/mol. The van der Waals surface area contributed by atoms with E-state index < -0.39 is 6.61 Å². The molecular weight excluding hydrogens is 383 g/mol. The lowest BCUT2D eigenvalue weighted by molar-refractivity contribution is -0.0498. The molecule has 0 amide bonds. The van der Waals surface area contributed by atoms with Gasteiger partial charge in [-0.2, -0.15) is 13.8 Å². The van der Waals surface area contributed by atoms with Crippen molar-refractivity contribution in [2.45, 2.75) is 31.9 Å². The molecule has 152 valence electrons. The molecule has 1 unspecified atom stereocenters. The molecule has 4 rings (SSSR count). The first kappa shape index (κ1) is 19.4. The lowest BCUT2D eigenvalue weighted by atomic mass is 9.97. The molecule has 3 aromatic rings. The molecule has 1 fully saturated rings. The minimum atomic E-state index is -2.82. The molecule has 0 bridgehead atoms. The van der Waals surface area contributed by atoms with E-state index in [1.807, 2.05) is 0 Å². The normalized spacial score (nSPS) is 17.6. The van der Waals surface area contributed by atoms with E-state index in [-0.39, 0.29) is 17.5 Å². The Hall–Kier alpha value is -2.87. The highest BCUT2D eigenvalue weighted by atomic mass is 19.3. The number of benzene rings is 2. The van der Waals surface area contributed by atoms with Crippen molar-refractivity contribution >= 4 is 0 Å². The van der Waals surface area contributed by atoms with E-state index in [2.05, 4.69) is 19.8 Å². The fourth-order valence-corrected chi connectivity index (χ4v) is 3.55. The van der Waals surface area contributed by atoms with E-state index in [1.165, 1.54) is 12.1 Å². The van der Waals surface area contributed by atoms with Gasteiger partial charge in [-0.25, -0.2) is 4.39 Å². The minimum Gasteiger partial charge on any atom is -0.435 e. The zero-order valence-corrected chi connectivity index (χ0v) is 15.6. The van der Waals surface area contributed by atoms with Crippen molar-refractivity contribution in [1.29, 1.82) is 0 Å². The Bertz CT molecular complexity index is 929. The van der Waals surface area contributed by atoms with Gasteiger partial charge in [-0.15, -0.1) is 0 Å². The topological polar surface area (TPSA) is 51.4 Å². The summed E-state index contributed by atoms with van der Waals surface area (Å²) in [5.74, 6) is 0.988. The van der Waals surface area contributed by atoms with Crippen LogP contribution in [0.15, 0.2) is 53.1 Å². The van der Waals surface area contributed by atoms with E-state index in [0.717, 1.165) is 31.5 Å². The van der Waals surface area contributed by atoms with Gasteiger partial charge in [0.1, 0.15) is 11.6 Å². The van der Waals surface area contributed by atoms with Crippen LogP contribution in [0.5, 0.6) is 5.75 Å². The number of nitrogens with zero attached hydrogens (tertiary/aromatic N) is 3. The molecule has 0 radical (unpaired) electrons. The summed E-state index contributed by atoms with van der Waals surface area (Å²) >= 11 is 0. The Kier molecular flexibility index (Phi) is 5.80. The maximum atomic E-state index is 13.1. The highest BCUT2D eigenvalue weighted by molar-refractivity contribution is 5.53. The van der Waals surface area contributed by atoms with Gasteiger partial charge in [0, 0.05) is 18.7 Å². The molecule has 5 nitrogen and oxygen atoms in total. The number of likely N-dealkylation sites (tertiary alicyclic amines) is 1. The zero-order valence-electron chi connectivity index (χ0n) is 15.6. The van der Waals surface area contributed by atoms with Gasteiger partial charge in [0.25, 0.3) is 0 Å². The third-order valence-corrected chi connectivity index (χ3v) is 4.95. The Labute approximate surface area is 166 Å². The number of halogens is 3. The summed E-state index contributed by atoms with van der Waals surface area (Å²) in [6, 6.07) is 12.7. The largest absolute Gasteiger partial charge is 0.435 e. The Morgan fingerprint density at radius 3 is 2.59 bits per heavy atom. The number of hydrogen-bond acceptors (Lipinski definition) is 5. The summed E-state index contributed by atoms with van der Waals surface area (Å²) in [4.78, 5) is 6.78. The van der Waals surface area contributed by atoms with Crippen LogP contribution in [0.4, 0.5) is 13.2 Å². The molecule has 1 aliphatic heterocycles. The monoisotopic (exact) mass is 403 g/mol. The summed E-state index contributed by atoms with van der Waals surface area (Å²) in [5.41, 5.74) is 1.73. The van der Waals surface area contributed by atoms with Gasteiger partial charge >= 0.3 is 6.61 Å². The van der Waals surface area contributed by atoms with E-state index >= 15 is 0 Å². The second kappa shape index (κ2) is 8.65. The first-order chi connectivity index (χ1) is 14.1. The number of aromatic nitrogens is 2. The lowest BCUT2D eigenvalue weighted by Crippen LogP contribution is -2.34. The van der Waals surface area contributed by atoms with Crippen LogP contribution in [-0.2, 0) is 6.54 Å². The highest BCUT2D eigenvalue weighted by Crippen LogP contribution is 2.28. The fourth-order valence-electron chi connectivity index (χ4n) is 3.55. The first-order valence-corrected chi connectivity index (χ1v) is 9.42. The van der Waals surface area contributed by atoms with Crippen LogP contribution in [0.3, 0.4) is 0 Å². The molecule has 8 heteroatoms. The van der Waals surface area contributed by atoms with Gasteiger partial charge in [0.2, 0.25) is 11.7 Å². The van der Waals surface area contributed by atoms with Gasteiger partial charge in [-0.1, -0.05) is 17.3 Å². The van der Waals surface area contributed by atoms with Gasteiger partial charge in [-0.05, 0) is 61.3 Å². The van der Waals surface area contributed by atoms with Crippen molar-refractivity contribution in [2.24, 2.45) is 0 Å². The summed E-state index contributed by atoms with van der Waals surface area (Å²) in [5, 5.41) is 4.03. The van der Waals surface area contributed by atoms with Gasteiger partial charge in [-0.3, -0.25) is 4.90 Å². The molecule has 0 spiro atoms. The highest BCUT2D eigenvalue weighted by Gasteiger charge is 2.26. The van der Waals surface area contributed by atoms with Crippen molar-refractivity contribution in [3.8, 4) is 17.1 Å². The van der Waals surface area contributed by atoms with Crippen molar-refractivity contribution in [2.75, 3.05) is 13.1 Å². The molecule has 2 heterocycles. The lowest BCUT2D eigenvalue weighted by Gasteiger charge is -2.30. The maximum absolute atomic E-state index is 13.1. The predicted octanol–water partition coefficient (Wildman–Crippen LogP) is 4.86. The first-order valence-electron chi connectivity index (χ1n) is 9.42. The van der Waals surface area contributed by atoms with E-state index in [0.29, 0.717) is 23.8 Å². The molecule has 0 N–H and O–H groups in total. The maximum Gasteiger partial charge on any atom is 0.387 e. The van der Waals surface area contributed by atoms with Gasteiger partial charge in [0.05, 0.1) is 5.92 Å². The van der Waals surface area contributed by atoms with E-state index in [9.17, 15) is 13.2 Å². The van der Waals surface area contributed by atoms with Crippen LogP contribution >= 0.6 is 0 Å². The second-order valence-corrected chi connectivity index (χ2v) is 7.06. The second-order valence-electron chi connectivity index (χ2n) is 7.06. The number of hydrogen-bond donors (Lipinski definition) is 0. The molecule has 1 aromatic heterocycles. The van der Waals surface area contributed by atoms with Gasteiger partial charge < -0.3 is 9.26 Å². The minimum absolute atomic E-state index is 0.117. The summed E-state index contributed by atoms with van der Waals surface area (Å²) in [7, 11) is 0.